The molecule has 0 saturated heterocycles. The van der Waals surface area contributed by atoms with Gasteiger partial charge in [0.15, 0.2) is 9.84 Å². The minimum atomic E-state index is -3.10. The lowest BCUT2D eigenvalue weighted by atomic mass is 10.1. The highest BCUT2D eigenvalue weighted by Crippen LogP contribution is 2.25. The lowest BCUT2D eigenvalue weighted by Gasteiger charge is -2.27. The number of thiophene rings is 1. The van der Waals surface area contributed by atoms with Crippen LogP contribution in [0.2, 0.25) is 0 Å². The molecule has 4 nitrogen and oxygen atoms in total. The molecule has 1 aliphatic rings. The third-order valence-corrected chi connectivity index (χ3v) is 5.52. The van der Waals surface area contributed by atoms with E-state index in [1.807, 2.05) is 4.90 Å². The van der Waals surface area contributed by atoms with E-state index < -0.39 is 9.84 Å². The van der Waals surface area contributed by atoms with Crippen LogP contribution in [0.3, 0.4) is 0 Å². The highest BCUT2D eigenvalue weighted by molar-refractivity contribution is 7.89. The number of nitrogens with zero attached hydrogens (tertiary/aromatic N) is 1. The smallest absolute Gasteiger partial charge is 0.254 e. The van der Waals surface area contributed by atoms with E-state index in [4.69, 9.17) is 0 Å². The summed E-state index contributed by atoms with van der Waals surface area (Å²) in [5.41, 5.74) is 2.54. The van der Waals surface area contributed by atoms with Crippen molar-refractivity contribution in [2.24, 2.45) is 0 Å². The average molecular weight is 335 g/mol. The van der Waals surface area contributed by atoms with Gasteiger partial charge >= 0.3 is 0 Å². The van der Waals surface area contributed by atoms with Gasteiger partial charge in [-0.05, 0) is 41.1 Å². The van der Waals surface area contributed by atoms with Crippen molar-refractivity contribution in [3.05, 3.63) is 57.3 Å². The molecule has 22 heavy (non-hydrogen) atoms. The Morgan fingerprint density at radius 3 is 2.91 bits per heavy atom. The van der Waals surface area contributed by atoms with Gasteiger partial charge < -0.3 is 4.90 Å². The summed E-state index contributed by atoms with van der Waals surface area (Å²) >= 11 is 1.68. The molecule has 0 saturated carbocycles. The molecular formula is C16H17NO3S2. The van der Waals surface area contributed by atoms with Gasteiger partial charge in [0.25, 0.3) is 5.91 Å². The number of amides is 1. The topological polar surface area (TPSA) is 54.5 Å². The fourth-order valence-corrected chi connectivity index (χ4v) is 4.42. The minimum Gasteiger partial charge on any atom is -0.333 e. The Kier molecular flexibility index (Phi) is 4.06. The van der Waals surface area contributed by atoms with Crippen LogP contribution in [0.4, 0.5) is 0 Å². The molecule has 0 fully saturated rings. The summed E-state index contributed by atoms with van der Waals surface area (Å²) in [4.78, 5) is 15.7. The van der Waals surface area contributed by atoms with Crippen LogP contribution >= 0.6 is 11.3 Å². The van der Waals surface area contributed by atoms with Crippen LogP contribution in [0.25, 0.3) is 0 Å². The second-order valence-corrected chi connectivity index (χ2v) is 8.76. The van der Waals surface area contributed by atoms with Gasteiger partial charge in [-0.3, -0.25) is 4.79 Å². The molecule has 116 valence electrons. The number of carbonyl (C=O) groups excluding carboxylic acids is 1. The number of carbonyl (C=O) groups is 1. The molecule has 0 N–H and O–H groups in total. The Labute approximate surface area is 134 Å². The molecule has 2 aromatic rings. The summed E-state index contributed by atoms with van der Waals surface area (Å²) < 4.78 is 22.8. The predicted molar refractivity (Wildman–Crippen MR) is 87.8 cm³/mol. The molecule has 2 heterocycles. The summed E-state index contributed by atoms with van der Waals surface area (Å²) in [7, 11) is -3.10. The molecule has 0 atom stereocenters. The van der Waals surface area contributed by atoms with Crippen LogP contribution in [0, 0.1) is 0 Å². The van der Waals surface area contributed by atoms with Gasteiger partial charge in [0.05, 0.1) is 12.3 Å². The quantitative estimate of drug-likeness (QED) is 0.866. The van der Waals surface area contributed by atoms with Crippen molar-refractivity contribution in [3.63, 3.8) is 0 Å². The lowest BCUT2D eigenvalue weighted by Crippen LogP contribution is -2.35. The third-order valence-electron chi connectivity index (χ3n) is 3.71. The zero-order valence-corrected chi connectivity index (χ0v) is 13.9. The van der Waals surface area contributed by atoms with Crippen LogP contribution < -0.4 is 0 Å². The van der Waals surface area contributed by atoms with Crippen LogP contribution in [0.5, 0.6) is 0 Å². The Morgan fingerprint density at radius 2 is 2.14 bits per heavy atom. The molecule has 1 aromatic carbocycles. The first-order valence-corrected chi connectivity index (χ1v) is 9.97. The Morgan fingerprint density at radius 1 is 1.32 bits per heavy atom. The molecule has 1 aromatic heterocycles. The van der Waals surface area contributed by atoms with E-state index in [2.05, 4.69) is 11.4 Å². The minimum absolute atomic E-state index is 0.0330. The van der Waals surface area contributed by atoms with Gasteiger partial charge in [-0.2, -0.15) is 0 Å². The largest absolute Gasteiger partial charge is 0.333 e. The molecule has 0 radical (unpaired) electrons. The van der Waals surface area contributed by atoms with E-state index in [-0.39, 0.29) is 11.7 Å². The summed E-state index contributed by atoms with van der Waals surface area (Å²) in [6.45, 7) is 1.35. The van der Waals surface area contributed by atoms with Crippen molar-refractivity contribution < 1.29 is 13.2 Å². The zero-order valence-electron chi connectivity index (χ0n) is 12.3. The summed E-state index contributed by atoms with van der Waals surface area (Å²) in [5, 5.41) is 2.06. The molecule has 6 heteroatoms. The van der Waals surface area contributed by atoms with Crippen LogP contribution in [0.15, 0.2) is 35.7 Å². The SMILES string of the molecule is CS(=O)(=O)Cc1cccc(C(=O)N2CCc3ccsc3C2)c1. The van der Waals surface area contributed by atoms with Crippen LogP contribution in [-0.4, -0.2) is 32.0 Å². The van der Waals surface area contributed by atoms with Crippen molar-refractivity contribution >= 4 is 27.1 Å². The number of benzene rings is 1. The average Bonchev–Trinajstić information content (AvgIpc) is 2.92. The Balaban J connectivity index is 1.80. The van der Waals surface area contributed by atoms with Gasteiger partial charge in [-0.15, -0.1) is 11.3 Å². The van der Waals surface area contributed by atoms with Gasteiger partial charge in [0, 0.05) is 23.2 Å². The maximum Gasteiger partial charge on any atom is 0.254 e. The van der Waals surface area contributed by atoms with Crippen molar-refractivity contribution in [3.8, 4) is 0 Å². The van der Waals surface area contributed by atoms with Crippen molar-refractivity contribution in [1.82, 2.24) is 4.90 Å². The van der Waals surface area contributed by atoms with Gasteiger partial charge in [0.1, 0.15) is 0 Å². The molecule has 0 unspecified atom stereocenters. The molecule has 3 rings (SSSR count). The third kappa shape index (κ3) is 3.39. The molecule has 0 spiro atoms. The first-order valence-electron chi connectivity index (χ1n) is 7.03. The lowest BCUT2D eigenvalue weighted by molar-refractivity contribution is 0.0737. The Bertz CT molecular complexity index is 808. The van der Waals surface area contributed by atoms with E-state index in [1.165, 1.54) is 16.7 Å². The fraction of sp³-hybridized carbons (Fsp3) is 0.312. The Hall–Kier alpha value is -1.66. The predicted octanol–water partition coefficient (Wildman–Crippen LogP) is 2.49. The number of fused-ring (bicyclic) bond motifs is 1. The van der Waals surface area contributed by atoms with Crippen LogP contribution in [-0.2, 0) is 28.6 Å². The monoisotopic (exact) mass is 335 g/mol. The first kappa shape index (κ1) is 15.2. The van der Waals surface area contributed by atoms with E-state index in [0.717, 1.165) is 6.42 Å². The van der Waals surface area contributed by atoms with Gasteiger partial charge in [-0.25, -0.2) is 8.42 Å². The van der Waals surface area contributed by atoms with E-state index in [0.29, 0.717) is 24.2 Å². The highest BCUT2D eigenvalue weighted by atomic mass is 32.2. The normalized spacial score (nSPS) is 14.7. The number of hydrogen-bond acceptors (Lipinski definition) is 4. The maximum absolute atomic E-state index is 12.6. The maximum atomic E-state index is 12.6. The second kappa shape index (κ2) is 5.85. The van der Waals surface area contributed by atoms with Crippen LogP contribution in [0.1, 0.15) is 26.4 Å². The number of sulfone groups is 1. The van der Waals surface area contributed by atoms with E-state index >= 15 is 0 Å². The number of hydrogen-bond donors (Lipinski definition) is 0. The van der Waals surface area contributed by atoms with Crippen molar-refractivity contribution in [1.29, 1.82) is 0 Å². The molecular weight excluding hydrogens is 318 g/mol. The first-order chi connectivity index (χ1) is 10.4. The molecule has 0 aliphatic carbocycles. The standard InChI is InChI=1S/C16H17NO3S2/c1-22(19,20)11-12-3-2-4-14(9-12)16(18)17-7-5-13-6-8-21-15(13)10-17/h2-4,6,8-9H,5,7,10-11H2,1H3. The summed E-state index contributed by atoms with van der Waals surface area (Å²) in [6, 6.07) is 9.04. The second-order valence-electron chi connectivity index (χ2n) is 5.62. The summed E-state index contributed by atoms with van der Waals surface area (Å²) in [6.07, 6.45) is 2.08. The summed E-state index contributed by atoms with van der Waals surface area (Å²) in [5.74, 6) is -0.0715. The zero-order chi connectivity index (χ0) is 15.7. The highest BCUT2D eigenvalue weighted by Gasteiger charge is 2.22. The van der Waals surface area contributed by atoms with E-state index in [1.54, 1.807) is 35.6 Å². The number of rotatable bonds is 3. The van der Waals surface area contributed by atoms with Crippen molar-refractivity contribution in [2.75, 3.05) is 12.8 Å². The van der Waals surface area contributed by atoms with E-state index in [9.17, 15) is 13.2 Å². The molecule has 1 aliphatic heterocycles. The van der Waals surface area contributed by atoms with Gasteiger partial charge in [-0.1, -0.05) is 12.1 Å². The van der Waals surface area contributed by atoms with Gasteiger partial charge in [0.2, 0.25) is 0 Å². The van der Waals surface area contributed by atoms with Crippen molar-refractivity contribution in [2.45, 2.75) is 18.7 Å². The molecule has 0 bridgehead atoms. The fourth-order valence-electron chi connectivity index (χ4n) is 2.69. The molecule has 1 amide bonds.